The van der Waals surface area contributed by atoms with Crippen molar-refractivity contribution in [3.63, 3.8) is 0 Å². The number of halogens is 2. The first-order valence-corrected chi connectivity index (χ1v) is 6.70. The average Bonchev–Trinajstić information content (AvgIpc) is 2.67. The fourth-order valence-electron chi connectivity index (χ4n) is 2.22. The van der Waals surface area contributed by atoms with Gasteiger partial charge in [0.1, 0.15) is 11.6 Å². The van der Waals surface area contributed by atoms with Gasteiger partial charge in [0, 0.05) is 23.4 Å². The van der Waals surface area contributed by atoms with Crippen LogP contribution < -0.4 is 5.32 Å². The summed E-state index contributed by atoms with van der Waals surface area (Å²) in [6, 6.07) is 3.49. The molecule has 1 heterocycles. The Morgan fingerprint density at radius 1 is 1.25 bits per heavy atom. The van der Waals surface area contributed by atoms with Crippen LogP contribution in [0.1, 0.15) is 29.4 Å². The lowest BCUT2D eigenvalue weighted by Crippen LogP contribution is -2.13. The van der Waals surface area contributed by atoms with Crippen molar-refractivity contribution < 1.29 is 8.78 Å². The maximum Gasteiger partial charge on any atom is 0.128 e. The van der Waals surface area contributed by atoms with Gasteiger partial charge in [-0.3, -0.25) is 4.68 Å². The number of nitrogens with one attached hydrogen (secondary N) is 1. The maximum atomic E-state index is 13.7. The van der Waals surface area contributed by atoms with Gasteiger partial charge in [-0.25, -0.2) is 8.78 Å². The summed E-state index contributed by atoms with van der Waals surface area (Å²) in [5.74, 6) is -0.844. The average molecular weight is 279 g/mol. The molecule has 5 heteroatoms. The minimum absolute atomic E-state index is 0.238. The molecule has 0 spiro atoms. The van der Waals surface area contributed by atoms with E-state index in [9.17, 15) is 8.78 Å². The third-order valence-corrected chi connectivity index (χ3v) is 3.41. The quantitative estimate of drug-likeness (QED) is 0.912. The number of aryl methyl sites for hydroxylation is 1. The number of hydrogen-bond acceptors (Lipinski definition) is 2. The summed E-state index contributed by atoms with van der Waals surface area (Å²) < 4.78 is 28.6. The first-order valence-electron chi connectivity index (χ1n) is 6.70. The van der Waals surface area contributed by atoms with Gasteiger partial charge < -0.3 is 5.32 Å². The molecule has 1 aromatic heterocycles. The second kappa shape index (κ2) is 6.13. The molecule has 0 bridgehead atoms. The summed E-state index contributed by atoms with van der Waals surface area (Å²) >= 11 is 0. The van der Waals surface area contributed by atoms with Crippen molar-refractivity contribution in [3.8, 4) is 0 Å². The Morgan fingerprint density at radius 3 is 2.70 bits per heavy atom. The number of nitrogens with zero attached hydrogens (tertiary/aromatic N) is 2. The first kappa shape index (κ1) is 14.7. The lowest BCUT2D eigenvalue weighted by molar-refractivity contribution is 0.561. The van der Waals surface area contributed by atoms with E-state index < -0.39 is 11.6 Å². The van der Waals surface area contributed by atoms with Crippen LogP contribution in [-0.2, 0) is 13.1 Å². The molecule has 20 heavy (non-hydrogen) atoms. The molecule has 0 saturated carbocycles. The van der Waals surface area contributed by atoms with E-state index in [4.69, 9.17) is 0 Å². The standard InChI is InChI=1S/C15H19F2N3/c1-4-18-8-14-10(2)19-20(11(14)3)9-12-7-13(16)5-6-15(12)17/h5-7,18H,4,8-9H2,1-3H3. The summed E-state index contributed by atoms with van der Waals surface area (Å²) in [6.45, 7) is 7.77. The number of aromatic nitrogens is 2. The zero-order valence-corrected chi connectivity index (χ0v) is 12.0. The molecule has 0 amide bonds. The summed E-state index contributed by atoms with van der Waals surface area (Å²) in [6.07, 6.45) is 0. The van der Waals surface area contributed by atoms with Crippen molar-refractivity contribution in [3.05, 3.63) is 52.3 Å². The lowest BCUT2D eigenvalue weighted by Gasteiger charge is -2.07. The van der Waals surface area contributed by atoms with Crippen LogP contribution in [0.4, 0.5) is 8.78 Å². The van der Waals surface area contributed by atoms with Crippen LogP contribution in [0.2, 0.25) is 0 Å². The maximum absolute atomic E-state index is 13.7. The number of hydrogen-bond donors (Lipinski definition) is 1. The van der Waals surface area contributed by atoms with Crippen LogP contribution in [-0.4, -0.2) is 16.3 Å². The van der Waals surface area contributed by atoms with Crippen molar-refractivity contribution >= 4 is 0 Å². The molecule has 0 aliphatic heterocycles. The molecule has 0 fully saturated rings. The fourth-order valence-corrected chi connectivity index (χ4v) is 2.22. The van der Waals surface area contributed by atoms with Gasteiger partial charge in [-0.15, -0.1) is 0 Å². The topological polar surface area (TPSA) is 29.9 Å². The highest BCUT2D eigenvalue weighted by Gasteiger charge is 2.13. The molecule has 0 radical (unpaired) electrons. The second-order valence-electron chi connectivity index (χ2n) is 4.82. The van der Waals surface area contributed by atoms with Gasteiger partial charge >= 0.3 is 0 Å². The molecule has 108 valence electrons. The van der Waals surface area contributed by atoms with Crippen molar-refractivity contribution in [1.82, 2.24) is 15.1 Å². The molecule has 3 nitrogen and oxygen atoms in total. The van der Waals surface area contributed by atoms with E-state index in [0.717, 1.165) is 42.2 Å². The Bertz CT molecular complexity index is 605. The second-order valence-corrected chi connectivity index (χ2v) is 4.82. The molecular formula is C15H19F2N3. The Kier molecular flexibility index (Phi) is 4.49. The largest absolute Gasteiger partial charge is 0.313 e. The SMILES string of the molecule is CCNCc1c(C)nn(Cc2cc(F)ccc2F)c1C. The van der Waals surface area contributed by atoms with Crippen LogP contribution >= 0.6 is 0 Å². The predicted molar refractivity (Wildman–Crippen MR) is 74.5 cm³/mol. The minimum Gasteiger partial charge on any atom is -0.313 e. The van der Waals surface area contributed by atoms with Gasteiger partial charge in [-0.2, -0.15) is 5.10 Å². The van der Waals surface area contributed by atoms with E-state index in [1.807, 2.05) is 20.8 Å². The molecule has 0 aliphatic carbocycles. The van der Waals surface area contributed by atoms with E-state index in [-0.39, 0.29) is 6.54 Å². The number of benzene rings is 1. The summed E-state index contributed by atoms with van der Waals surface area (Å²) in [5.41, 5.74) is 3.32. The van der Waals surface area contributed by atoms with Crippen LogP contribution in [0.15, 0.2) is 18.2 Å². The first-order chi connectivity index (χ1) is 9.52. The molecule has 1 N–H and O–H groups in total. The Labute approximate surface area is 117 Å². The van der Waals surface area contributed by atoms with Gasteiger partial charge in [0.2, 0.25) is 0 Å². The molecule has 1 aromatic carbocycles. The van der Waals surface area contributed by atoms with Gasteiger partial charge in [0.05, 0.1) is 12.2 Å². The molecule has 0 saturated heterocycles. The highest BCUT2D eigenvalue weighted by atomic mass is 19.1. The van der Waals surface area contributed by atoms with Crippen molar-refractivity contribution in [1.29, 1.82) is 0 Å². The highest BCUT2D eigenvalue weighted by molar-refractivity contribution is 5.26. The van der Waals surface area contributed by atoms with Crippen LogP contribution in [0.25, 0.3) is 0 Å². The highest BCUT2D eigenvalue weighted by Crippen LogP contribution is 2.16. The lowest BCUT2D eigenvalue weighted by atomic mass is 10.2. The fraction of sp³-hybridized carbons (Fsp3) is 0.400. The van der Waals surface area contributed by atoms with Gasteiger partial charge in [0.15, 0.2) is 0 Å². The van der Waals surface area contributed by atoms with Gasteiger partial charge in [-0.05, 0) is 38.6 Å². The van der Waals surface area contributed by atoms with E-state index in [0.29, 0.717) is 5.56 Å². The zero-order chi connectivity index (χ0) is 14.7. The van der Waals surface area contributed by atoms with E-state index in [1.165, 1.54) is 6.07 Å². The van der Waals surface area contributed by atoms with Crippen molar-refractivity contribution in [2.75, 3.05) is 6.54 Å². The normalized spacial score (nSPS) is 11.1. The molecule has 0 unspecified atom stereocenters. The molecule has 0 atom stereocenters. The third kappa shape index (κ3) is 3.04. The molecular weight excluding hydrogens is 260 g/mol. The minimum atomic E-state index is -0.434. The summed E-state index contributed by atoms with van der Waals surface area (Å²) in [7, 11) is 0. The van der Waals surface area contributed by atoms with Crippen LogP contribution in [0, 0.1) is 25.5 Å². The predicted octanol–water partition coefficient (Wildman–Crippen LogP) is 2.94. The van der Waals surface area contributed by atoms with Crippen molar-refractivity contribution in [2.45, 2.75) is 33.9 Å². The zero-order valence-electron chi connectivity index (χ0n) is 12.0. The van der Waals surface area contributed by atoms with E-state index in [1.54, 1.807) is 4.68 Å². The van der Waals surface area contributed by atoms with E-state index in [2.05, 4.69) is 10.4 Å². The third-order valence-electron chi connectivity index (χ3n) is 3.41. The van der Waals surface area contributed by atoms with Crippen LogP contribution in [0.3, 0.4) is 0 Å². The molecule has 0 aliphatic rings. The molecule has 2 rings (SSSR count). The number of rotatable bonds is 5. The Morgan fingerprint density at radius 2 is 2.00 bits per heavy atom. The van der Waals surface area contributed by atoms with E-state index >= 15 is 0 Å². The monoisotopic (exact) mass is 279 g/mol. The van der Waals surface area contributed by atoms with Gasteiger partial charge in [0.25, 0.3) is 0 Å². The van der Waals surface area contributed by atoms with Gasteiger partial charge in [-0.1, -0.05) is 6.92 Å². The Hall–Kier alpha value is -1.75. The molecule has 2 aromatic rings. The smallest absolute Gasteiger partial charge is 0.128 e. The van der Waals surface area contributed by atoms with Crippen LogP contribution in [0.5, 0.6) is 0 Å². The summed E-state index contributed by atoms with van der Waals surface area (Å²) in [5, 5.41) is 7.67. The summed E-state index contributed by atoms with van der Waals surface area (Å²) in [4.78, 5) is 0. The Balaban J connectivity index is 2.27. The van der Waals surface area contributed by atoms with Crippen molar-refractivity contribution in [2.24, 2.45) is 0 Å².